The van der Waals surface area contributed by atoms with Crippen LogP contribution < -0.4 is 0 Å². The number of halogens is 2. The van der Waals surface area contributed by atoms with Crippen molar-refractivity contribution in [1.82, 2.24) is 4.90 Å². The van der Waals surface area contributed by atoms with Gasteiger partial charge in [-0.1, -0.05) is 36.4 Å². The molecule has 3 nitrogen and oxygen atoms in total. The lowest BCUT2D eigenvalue weighted by Gasteiger charge is -2.17. The molecule has 1 aliphatic heterocycles. The van der Waals surface area contributed by atoms with Crippen LogP contribution in [0.3, 0.4) is 0 Å². The van der Waals surface area contributed by atoms with E-state index < -0.39 is 11.6 Å². The Morgan fingerprint density at radius 1 is 1.12 bits per heavy atom. The van der Waals surface area contributed by atoms with Crippen LogP contribution in [0.2, 0.25) is 0 Å². The molecule has 1 unspecified atom stereocenters. The van der Waals surface area contributed by atoms with Gasteiger partial charge in [0, 0.05) is 25.6 Å². The van der Waals surface area contributed by atoms with Crippen molar-refractivity contribution in [2.75, 3.05) is 20.2 Å². The zero-order valence-electron chi connectivity index (χ0n) is 13.4. The SMILES string of the molecule is COC(=O)[C@@H]1CN(Cc2ccccc2)CC1c1ccc(F)c(F)c1. The summed E-state index contributed by atoms with van der Waals surface area (Å²) in [6, 6.07) is 13.8. The van der Waals surface area contributed by atoms with E-state index in [0.717, 1.165) is 11.6 Å². The highest BCUT2D eigenvalue weighted by atomic mass is 19.2. The lowest BCUT2D eigenvalue weighted by molar-refractivity contribution is -0.145. The Bertz CT molecular complexity index is 721. The molecule has 126 valence electrons. The Hall–Kier alpha value is -2.27. The van der Waals surface area contributed by atoms with E-state index in [1.165, 1.54) is 13.2 Å². The fraction of sp³-hybridized carbons (Fsp3) is 0.316. The van der Waals surface area contributed by atoms with E-state index in [1.54, 1.807) is 6.07 Å². The molecule has 0 saturated carbocycles. The Labute approximate surface area is 139 Å². The normalized spacial score (nSPS) is 21.0. The molecule has 0 bridgehead atoms. The highest BCUT2D eigenvalue weighted by Gasteiger charge is 2.39. The number of hydrogen-bond donors (Lipinski definition) is 0. The van der Waals surface area contributed by atoms with Gasteiger partial charge < -0.3 is 4.74 Å². The van der Waals surface area contributed by atoms with Crippen molar-refractivity contribution in [2.45, 2.75) is 12.5 Å². The molecule has 0 aliphatic carbocycles. The molecule has 1 fully saturated rings. The third-order valence-corrected chi connectivity index (χ3v) is 4.52. The first kappa shape index (κ1) is 16.6. The summed E-state index contributed by atoms with van der Waals surface area (Å²) in [5.41, 5.74) is 1.77. The highest BCUT2D eigenvalue weighted by Crippen LogP contribution is 2.34. The fourth-order valence-corrected chi connectivity index (χ4v) is 3.33. The summed E-state index contributed by atoms with van der Waals surface area (Å²) in [4.78, 5) is 14.3. The minimum Gasteiger partial charge on any atom is -0.469 e. The largest absolute Gasteiger partial charge is 0.469 e. The van der Waals surface area contributed by atoms with Gasteiger partial charge in [0.05, 0.1) is 13.0 Å². The van der Waals surface area contributed by atoms with E-state index in [2.05, 4.69) is 4.90 Å². The summed E-state index contributed by atoms with van der Waals surface area (Å²) in [6.45, 7) is 1.83. The predicted octanol–water partition coefficient (Wildman–Crippen LogP) is 3.35. The summed E-state index contributed by atoms with van der Waals surface area (Å²) >= 11 is 0. The molecular formula is C19H19F2NO2. The van der Waals surface area contributed by atoms with Gasteiger partial charge in [0.25, 0.3) is 0 Å². The van der Waals surface area contributed by atoms with Gasteiger partial charge in [-0.3, -0.25) is 9.69 Å². The summed E-state index contributed by atoms with van der Waals surface area (Å²) in [5, 5.41) is 0. The van der Waals surface area contributed by atoms with Crippen LogP contribution in [0.5, 0.6) is 0 Å². The molecule has 2 atom stereocenters. The smallest absolute Gasteiger partial charge is 0.310 e. The summed E-state index contributed by atoms with van der Waals surface area (Å²) in [7, 11) is 1.35. The average molecular weight is 331 g/mol. The predicted molar refractivity (Wildman–Crippen MR) is 86.3 cm³/mol. The van der Waals surface area contributed by atoms with Gasteiger partial charge in [0.15, 0.2) is 11.6 Å². The van der Waals surface area contributed by atoms with Crippen molar-refractivity contribution < 1.29 is 18.3 Å². The Morgan fingerprint density at radius 3 is 2.54 bits per heavy atom. The first-order valence-corrected chi connectivity index (χ1v) is 7.87. The van der Waals surface area contributed by atoms with Crippen molar-refractivity contribution >= 4 is 5.97 Å². The van der Waals surface area contributed by atoms with Gasteiger partial charge in [-0.15, -0.1) is 0 Å². The second kappa shape index (κ2) is 7.09. The van der Waals surface area contributed by atoms with Crippen molar-refractivity contribution in [3.8, 4) is 0 Å². The second-order valence-electron chi connectivity index (χ2n) is 6.09. The minimum absolute atomic E-state index is 0.212. The quantitative estimate of drug-likeness (QED) is 0.805. The maximum Gasteiger partial charge on any atom is 0.310 e. The first-order valence-electron chi connectivity index (χ1n) is 7.87. The monoisotopic (exact) mass is 331 g/mol. The maximum absolute atomic E-state index is 13.6. The number of hydrogen-bond acceptors (Lipinski definition) is 3. The third kappa shape index (κ3) is 3.46. The van der Waals surface area contributed by atoms with E-state index in [4.69, 9.17) is 4.74 Å². The third-order valence-electron chi connectivity index (χ3n) is 4.52. The maximum atomic E-state index is 13.6. The Balaban J connectivity index is 1.82. The van der Waals surface area contributed by atoms with Crippen LogP contribution in [0.25, 0.3) is 0 Å². The van der Waals surface area contributed by atoms with E-state index in [9.17, 15) is 13.6 Å². The fourth-order valence-electron chi connectivity index (χ4n) is 3.33. The molecule has 2 aromatic carbocycles. The van der Waals surface area contributed by atoms with E-state index in [-0.39, 0.29) is 17.8 Å². The van der Waals surface area contributed by atoms with E-state index in [0.29, 0.717) is 25.2 Å². The number of nitrogens with zero attached hydrogens (tertiary/aromatic N) is 1. The van der Waals surface area contributed by atoms with Crippen molar-refractivity contribution in [2.24, 2.45) is 5.92 Å². The number of likely N-dealkylation sites (tertiary alicyclic amines) is 1. The number of methoxy groups -OCH3 is 1. The lowest BCUT2D eigenvalue weighted by atomic mass is 9.89. The molecule has 1 saturated heterocycles. The number of benzene rings is 2. The Kier molecular flexibility index (Phi) is 4.90. The van der Waals surface area contributed by atoms with Crippen LogP contribution in [0.1, 0.15) is 17.0 Å². The van der Waals surface area contributed by atoms with Gasteiger partial charge >= 0.3 is 5.97 Å². The lowest BCUT2D eigenvalue weighted by Crippen LogP contribution is -2.24. The minimum atomic E-state index is -0.891. The summed E-state index contributed by atoms with van der Waals surface area (Å²) in [6.07, 6.45) is 0. The number of rotatable bonds is 4. The van der Waals surface area contributed by atoms with E-state index in [1.807, 2.05) is 30.3 Å². The highest BCUT2D eigenvalue weighted by molar-refractivity contribution is 5.74. The molecule has 3 rings (SSSR count). The molecule has 0 N–H and O–H groups in total. The zero-order chi connectivity index (χ0) is 17.1. The number of ether oxygens (including phenoxy) is 1. The molecule has 2 aromatic rings. The van der Waals surface area contributed by atoms with Gasteiger partial charge in [-0.25, -0.2) is 8.78 Å². The van der Waals surface area contributed by atoms with Crippen molar-refractivity contribution in [3.05, 3.63) is 71.3 Å². The molecule has 5 heteroatoms. The molecular weight excluding hydrogens is 312 g/mol. The molecule has 1 aliphatic rings. The van der Waals surface area contributed by atoms with Gasteiger partial charge in [0.2, 0.25) is 0 Å². The average Bonchev–Trinajstić information content (AvgIpc) is 3.01. The number of carbonyl (C=O) groups is 1. The van der Waals surface area contributed by atoms with Crippen molar-refractivity contribution in [1.29, 1.82) is 0 Å². The summed E-state index contributed by atoms with van der Waals surface area (Å²) in [5.74, 6) is -2.69. The zero-order valence-corrected chi connectivity index (χ0v) is 13.4. The number of carbonyl (C=O) groups excluding carboxylic acids is 1. The molecule has 24 heavy (non-hydrogen) atoms. The standard InChI is InChI=1S/C19H19F2NO2/c1-24-19(23)16-12-22(10-13-5-3-2-4-6-13)11-15(16)14-7-8-17(20)18(21)9-14/h2-9,15-16H,10-12H2,1H3/t15?,16-/m1/s1. The van der Waals surface area contributed by atoms with Crippen molar-refractivity contribution in [3.63, 3.8) is 0 Å². The molecule has 0 radical (unpaired) electrons. The van der Waals surface area contributed by atoms with Crippen LogP contribution in [0.15, 0.2) is 48.5 Å². The molecule has 1 heterocycles. The van der Waals surface area contributed by atoms with Crippen LogP contribution in [0, 0.1) is 17.6 Å². The first-order chi connectivity index (χ1) is 11.6. The molecule has 0 amide bonds. The number of esters is 1. The van der Waals surface area contributed by atoms with Gasteiger partial charge in [-0.2, -0.15) is 0 Å². The topological polar surface area (TPSA) is 29.5 Å². The van der Waals surface area contributed by atoms with Crippen LogP contribution >= 0.6 is 0 Å². The van der Waals surface area contributed by atoms with Crippen LogP contribution in [-0.4, -0.2) is 31.1 Å². The molecule has 0 aromatic heterocycles. The molecule has 0 spiro atoms. The van der Waals surface area contributed by atoms with Gasteiger partial charge in [-0.05, 0) is 23.3 Å². The Morgan fingerprint density at radius 2 is 1.88 bits per heavy atom. The van der Waals surface area contributed by atoms with E-state index >= 15 is 0 Å². The van der Waals surface area contributed by atoms with Crippen LogP contribution in [0.4, 0.5) is 8.78 Å². The van der Waals surface area contributed by atoms with Crippen LogP contribution in [-0.2, 0) is 16.1 Å². The van der Waals surface area contributed by atoms with Gasteiger partial charge in [0.1, 0.15) is 0 Å². The summed E-state index contributed by atoms with van der Waals surface area (Å²) < 4.78 is 31.7. The second-order valence-corrected chi connectivity index (χ2v) is 6.09.